The first-order chi connectivity index (χ1) is 1.91. The summed E-state index contributed by atoms with van der Waals surface area (Å²) >= 11 is 0. The summed E-state index contributed by atoms with van der Waals surface area (Å²) in [5.41, 5.74) is 0. The molecule has 0 heterocycles. The van der Waals surface area contributed by atoms with Crippen molar-refractivity contribution < 1.29 is 20.4 Å². The molecule has 0 aromatic rings. The maximum Gasteiger partial charge on any atom is 0.330 e. The molecule has 5 heavy (non-hydrogen) atoms. The molecule has 0 atom stereocenters. The highest BCUT2D eigenvalue weighted by molar-refractivity contribution is 5.35. The van der Waals surface area contributed by atoms with Gasteiger partial charge in [-0.05, 0) is 0 Å². The highest BCUT2D eigenvalue weighted by Gasteiger charge is 1.47. The van der Waals surface area contributed by atoms with Crippen LogP contribution in [0.2, 0.25) is 0 Å². The number of carbonyl (C=O) groups excluding carboxylic acids is 1. The summed E-state index contributed by atoms with van der Waals surface area (Å²) in [4.78, 5) is 11.6. The van der Waals surface area contributed by atoms with Gasteiger partial charge in [0, 0.05) is 0 Å². The second-order valence-electron chi connectivity index (χ2n) is 0.202. The first-order valence-corrected chi connectivity index (χ1v) is 0.654. The molecular formula is CH3O4. The van der Waals surface area contributed by atoms with Gasteiger partial charge < -0.3 is 4.89 Å². The predicted molar refractivity (Wildman–Crippen MR) is 11.7 cm³/mol. The largest absolute Gasteiger partial charge is 0.330 e. The SMILES string of the molecule is O=COO.[OH]. The summed E-state index contributed by atoms with van der Waals surface area (Å²) in [6.45, 7) is -0.0694. The van der Waals surface area contributed by atoms with Crippen molar-refractivity contribution in [3.63, 3.8) is 0 Å². The Labute approximate surface area is 28.2 Å². The van der Waals surface area contributed by atoms with Gasteiger partial charge >= 0.3 is 6.47 Å². The van der Waals surface area contributed by atoms with Gasteiger partial charge in [-0.15, -0.1) is 0 Å². The van der Waals surface area contributed by atoms with Crippen molar-refractivity contribution in [1.82, 2.24) is 0 Å². The van der Waals surface area contributed by atoms with Gasteiger partial charge in [-0.1, -0.05) is 0 Å². The fraction of sp³-hybridized carbons (Fsp3) is 0. The number of hydrogen-bond donors (Lipinski definition) is 2. The Morgan fingerprint density at radius 1 is 1.80 bits per heavy atom. The van der Waals surface area contributed by atoms with Crippen LogP contribution in [0.1, 0.15) is 0 Å². The Hall–Kier alpha value is -0.610. The number of carbonyl (C=O) groups is 1. The van der Waals surface area contributed by atoms with Crippen LogP contribution in [0.5, 0.6) is 0 Å². The van der Waals surface area contributed by atoms with Gasteiger partial charge in [-0.2, -0.15) is 0 Å². The Kier molecular flexibility index (Phi) is 17.7. The quantitative estimate of drug-likeness (QED) is 0.251. The second kappa shape index (κ2) is 10.0. The van der Waals surface area contributed by atoms with E-state index in [1.54, 1.807) is 0 Å². The molecule has 2 N–H and O–H groups in total. The van der Waals surface area contributed by atoms with Crippen molar-refractivity contribution in [2.75, 3.05) is 0 Å². The number of rotatable bonds is 1. The van der Waals surface area contributed by atoms with E-state index in [9.17, 15) is 0 Å². The third-order valence-electron chi connectivity index (χ3n) is 0.0430. The van der Waals surface area contributed by atoms with E-state index in [1.807, 2.05) is 0 Å². The van der Waals surface area contributed by atoms with Gasteiger partial charge in [0.15, 0.2) is 0 Å². The Bertz CT molecular complexity index is 17.6. The number of hydrogen-bond acceptors (Lipinski definition) is 3. The van der Waals surface area contributed by atoms with Crippen molar-refractivity contribution in [3.8, 4) is 0 Å². The van der Waals surface area contributed by atoms with E-state index in [1.165, 1.54) is 0 Å². The molecule has 0 aliphatic carbocycles. The lowest BCUT2D eigenvalue weighted by Crippen LogP contribution is -1.69. The van der Waals surface area contributed by atoms with E-state index in [0.717, 1.165) is 0 Å². The molecule has 4 heteroatoms. The van der Waals surface area contributed by atoms with Gasteiger partial charge in [-0.3, -0.25) is 10.3 Å². The molecule has 0 aromatic carbocycles. The van der Waals surface area contributed by atoms with Crippen LogP contribution in [0.25, 0.3) is 0 Å². The van der Waals surface area contributed by atoms with Gasteiger partial charge in [0.25, 0.3) is 0 Å². The van der Waals surface area contributed by atoms with Crippen molar-refractivity contribution >= 4 is 6.47 Å². The van der Waals surface area contributed by atoms with Crippen LogP contribution in [0.15, 0.2) is 0 Å². The van der Waals surface area contributed by atoms with Crippen molar-refractivity contribution in [3.05, 3.63) is 0 Å². The third-order valence-corrected chi connectivity index (χ3v) is 0.0430. The maximum absolute atomic E-state index is 8.70. The summed E-state index contributed by atoms with van der Waals surface area (Å²) in [7, 11) is 0. The average molecular weight is 79.0 g/mol. The molecule has 0 spiro atoms. The average Bonchev–Trinajstić information content (AvgIpc) is 1.37. The fourth-order valence-corrected chi connectivity index (χ4v) is 0. The van der Waals surface area contributed by atoms with Crippen LogP contribution >= 0.6 is 0 Å². The summed E-state index contributed by atoms with van der Waals surface area (Å²) in [6.07, 6.45) is 0. The first-order valence-electron chi connectivity index (χ1n) is 0.654. The molecule has 0 rings (SSSR count). The molecular weight excluding hydrogens is 76.0 g/mol. The van der Waals surface area contributed by atoms with Gasteiger partial charge in [-0.25, -0.2) is 5.26 Å². The van der Waals surface area contributed by atoms with Crippen LogP contribution in [0, 0.1) is 0 Å². The maximum atomic E-state index is 8.70. The normalized spacial score (nSPS) is 4.20. The summed E-state index contributed by atoms with van der Waals surface area (Å²) in [5, 5.41) is 7.01. The molecule has 0 saturated carbocycles. The molecule has 0 aliphatic rings. The fourth-order valence-electron chi connectivity index (χ4n) is 0. The van der Waals surface area contributed by atoms with E-state index in [0.29, 0.717) is 0 Å². The molecule has 0 unspecified atom stereocenters. The lowest BCUT2D eigenvalue weighted by Gasteiger charge is -1.63. The highest BCUT2D eigenvalue weighted by Crippen LogP contribution is 1.33. The lowest BCUT2D eigenvalue weighted by molar-refractivity contribution is -0.217. The van der Waals surface area contributed by atoms with Crippen LogP contribution in [-0.4, -0.2) is 17.2 Å². The topological polar surface area (TPSA) is 76.5 Å². The smallest absolute Gasteiger partial charge is 0.304 e. The van der Waals surface area contributed by atoms with Gasteiger partial charge in [0.2, 0.25) is 0 Å². The molecule has 0 aliphatic heterocycles. The summed E-state index contributed by atoms with van der Waals surface area (Å²) < 4.78 is 0. The summed E-state index contributed by atoms with van der Waals surface area (Å²) in [5.74, 6) is 0. The van der Waals surface area contributed by atoms with Crippen LogP contribution in [0.4, 0.5) is 0 Å². The monoisotopic (exact) mass is 79.0 g/mol. The molecule has 0 fully saturated rings. The lowest BCUT2D eigenvalue weighted by atomic mass is 11.7. The van der Waals surface area contributed by atoms with Crippen molar-refractivity contribution in [1.29, 1.82) is 0 Å². The molecule has 4 nitrogen and oxygen atoms in total. The zero-order valence-corrected chi connectivity index (χ0v) is 2.29. The molecule has 0 saturated heterocycles. The second-order valence-corrected chi connectivity index (χ2v) is 0.202. The minimum absolute atomic E-state index is 0. The Morgan fingerprint density at radius 2 is 2.00 bits per heavy atom. The van der Waals surface area contributed by atoms with Crippen molar-refractivity contribution in [2.45, 2.75) is 0 Å². The zero-order chi connectivity index (χ0) is 3.41. The van der Waals surface area contributed by atoms with E-state index in [-0.39, 0.29) is 11.9 Å². The minimum Gasteiger partial charge on any atom is -0.304 e. The standard InChI is InChI=1S/CH2O3.HO/c2-1-4-3;/h1,3H;1H. The van der Waals surface area contributed by atoms with Crippen LogP contribution in [0.3, 0.4) is 0 Å². The predicted octanol–water partition coefficient (Wildman–Crippen LogP) is -0.544. The highest BCUT2D eigenvalue weighted by atomic mass is 17.1. The summed E-state index contributed by atoms with van der Waals surface area (Å²) in [6, 6.07) is 0. The zero-order valence-electron chi connectivity index (χ0n) is 2.29. The first kappa shape index (κ1) is 8.83. The van der Waals surface area contributed by atoms with Gasteiger partial charge in [0.1, 0.15) is 0 Å². The molecule has 0 bridgehead atoms. The third kappa shape index (κ3) is 43.1. The molecule has 0 amide bonds. The van der Waals surface area contributed by atoms with E-state index < -0.39 is 0 Å². The Balaban J connectivity index is 0. The van der Waals surface area contributed by atoms with Crippen LogP contribution in [-0.2, 0) is 9.68 Å². The minimum atomic E-state index is -0.0694. The molecule has 1 radical (unpaired) electrons. The molecule has 0 aromatic heterocycles. The van der Waals surface area contributed by atoms with E-state index >= 15 is 0 Å². The van der Waals surface area contributed by atoms with Crippen LogP contribution < -0.4 is 0 Å². The van der Waals surface area contributed by atoms with Gasteiger partial charge in [0.05, 0.1) is 0 Å². The van der Waals surface area contributed by atoms with Crippen molar-refractivity contribution in [2.24, 2.45) is 0 Å². The molecule has 31 valence electrons. The van der Waals surface area contributed by atoms with E-state index in [4.69, 9.17) is 10.1 Å². The Morgan fingerprint density at radius 3 is 2.00 bits per heavy atom. The van der Waals surface area contributed by atoms with E-state index in [2.05, 4.69) is 4.89 Å².